The fourth-order valence-electron chi connectivity index (χ4n) is 4.47. The van der Waals surface area contributed by atoms with Gasteiger partial charge in [0.15, 0.2) is 5.96 Å². The normalized spacial score (nSPS) is 23.0. The van der Waals surface area contributed by atoms with Crippen molar-refractivity contribution in [2.24, 2.45) is 16.8 Å². The molecule has 2 aliphatic carbocycles. The molecule has 0 amide bonds. The van der Waals surface area contributed by atoms with Gasteiger partial charge < -0.3 is 20.5 Å². The molecule has 0 spiro atoms. The van der Waals surface area contributed by atoms with Crippen molar-refractivity contribution in [2.45, 2.75) is 32.0 Å². The maximum atomic E-state index is 12.2. The van der Waals surface area contributed by atoms with Crippen molar-refractivity contribution in [2.75, 3.05) is 19.6 Å². The molecule has 2 aliphatic rings. The first-order valence-corrected chi connectivity index (χ1v) is 10.4. The number of hydrogen-bond acceptors (Lipinski definition) is 3. The van der Waals surface area contributed by atoms with Crippen molar-refractivity contribution in [3.8, 4) is 5.75 Å². The van der Waals surface area contributed by atoms with Crippen LogP contribution < -0.4 is 15.4 Å². The lowest BCUT2D eigenvalue weighted by Gasteiger charge is -2.15. The number of rotatable bonds is 8. The zero-order valence-corrected chi connectivity index (χ0v) is 16.9. The minimum Gasteiger partial charge on any atom is -0.435 e. The quantitative estimate of drug-likeness (QED) is 0.456. The highest BCUT2D eigenvalue weighted by Crippen LogP contribution is 2.60. The first kappa shape index (κ1) is 20.6. The van der Waals surface area contributed by atoms with E-state index in [-0.39, 0.29) is 12.3 Å². The van der Waals surface area contributed by atoms with Gasteiger partial charge in [0, 0.05) is 13.1 Å². The summed E-state index contributed by atoms with van der Waals surface area (Å²) in [6, 6.07) is 14.7. The van der Waals surface area contributed by atoms with E-state index in [4.69, 9.17) is 0 Å². The van der Waals surface area contributed by atoms with Crippen molar-refractivity contribution in [3.05, 3.63) is 65.2 Å². The molecular formula is C23H27F2N3O2. The molecule has 1 fully saturated rings. The summed E-state index contributed by atoms with van der Waals surface area (Å²) >= 11 is 0. The van der Waals surface area contributed by atoms with Gasteiger partial charge in [-0.05, 0) is 59.9 Å². The highest BCUT2D eigenvalue weighted by molar-refractivity contribution is 5.79. The minimum absolute atomic E-state index is 0.0658. The van der Waals surface area contributed by atoms with Gasteiger partial charge in [0.25, 0.3) is 0 Å². The molecule has 4 atom stereocenters. The van der Waals surface area contributed by atoms with Crippen LogP contribution >= 0.6 is 0 Å². The van der Waals surface area contributed by atoms with E-state index in [0.29, 0.717) is 23.4 Å². The number of benzene rings is 2. The molecule has 0 aliphatic heterocycles. The molecule has 2 aromatic rings. The molecule has 0 heterocycles. The van der Waals surface area contributed by atoms with Crippen molar-refractivity contribution in [1.29, 1.82) is 0 Å². The molecule has 2 aromatic carbocycles. The molecule has 1 saturated carbocycles. The lowest BCUT2D eigenvalue weighted by molar-refractivity contribution is -0.0498. The molecule has 5 nitrogen and oxygen atoms in total. The lowest BCUT2D eigenvalue weighted by Crippen LogP contribution is -2.39. The summed E-state index contributed by atoms with van der Waals surface area (Å²) in [6.07, 6.45) is 0.332. The van der Waals surface area contributed by atoms with E-state index in [9.17, 15) is 13.9 Å². The van der Waals surface area contributed by atoms with Crippen LogP contribution in [0.3, 0.4) is 0 Å². The van der Waals surface area contributed by atoms with Gasteiger partial charge in [0.2, 0.25) is 0 Å². The van der Waals surface area contributed by atoms with Crippen LogP contribution in [0, 0.1) is 11.8 Å². The number of aliphatic hydroxyl groups excluding tert-OH is 1. The molecule has 3 N–H and O–H groups in total. The molecule has 0 saturated heterocycles. The van der Waals surface area contributed by atoms with Gasteiger partial charge in [-0.1, -0.05) is 36.4 Å². The number of alkyl halides is 2. The summed E-state index contributed by atoms with van der Waals surface area (Å²) in [7, 11) is 0. The van der Waals surface area contributed by atoms with E-state index < -0.39 is 12.7 Å². The molecule has 0 radical (unpaired) electrons. The monoisotopic (exact) mass is 415 g/mol. The van der Waals surface area contributed by atoms with Gasteiger partial charge in [-0.25, -0.2) is 0 Å². The predicted molar refractivity (Wildman–Crippen MR) is 112 cm³/mol. The van der Waals surface area contributed by atoms with Gasteiger partial charge in [0.05, 0.1) is 12.6 Å². The number of nitrogens with zero attached hydrogens (tertiary/aromatic N) is 1. The molecule has 4 rings (SSSR count). The average molecular weight is 415 g/mol. The Hall–Kier alpha value is -2.67. The molecule has 7 heteroatoms. The van der Waals surface area contributed by atoms with E-state index in [0.717, 1.165) is 25.4 Å². The second kappa shape index (κ2) is 9.00. The summed E-state index contributed by atoms with van der Waals surface area (Å²) in [5, 5.41) is 17.0. The minimum atomic E-state index is -2.86. The Morgan fingerprint density at radius 2 is 1.93 bits per heavy atom. The number of nitrogens with one attached hydrogen (secondary N) is 2. The van der Waals surface area contributed by atoms with Crippen LogP contribution in [0.15, 0.2) is 53.5 Å². The van der Waals surface area contributed by atoms with Crippen molar-refractivity contribution in [3.63, 3.8) is 0 Å². The Balaban J connectivity index is 1.30. The van der Waals surface area contributed by atoms with E-state index in [1.54, 1.807) is 12.1 Å². The molecule has 30 heavy (non-hydrogen) atoms. The van der Waals surface area contributed by atoms with E-state index in [2.05, 4.69) is 44.6 Å². The molecule has 4 unspecified atom stereocenters. The number of aliphatic hydroxyl groups is 1. The van der Waals surface area contributed by atoms with Gasteiger partial charge in [-0.3, -0.25) is 4.99 Å². The number of halogens is 2. The summed E-state index contributed by atoms with van der Waals surface area (Å²) < 4.78 is 28.8. The standard InChI is InChI=1S/C23H27F2N3O2/c1-2-26-23(27-12-19-18-11-15-5-3-4-6-17(15)21(18)19)28-13-20(29)14-7-9-16(10-8-14)30-22(24)25/h3-10,18-22,29H,2,11-13H2,1H3,(H2,26,27,28). The van der Waals surface area contributed by atoms with Gasteiger partial charge in [-0.15, -0.1) is 0 Å². The number of aliphatic imine (C=N–C) groups is 1. The Kier molecular flexibility index (Phi) is 6.18. The van der Waals surface area contributed by atoms with Crippen LogP contribution in [0.4, 0.5) is 8.78 Å². The highest BCUT2D eigenvalue weighted by Gasteiger charge is 2.54. The zero-order valence-electron chi connectivity index (χ0n) is 16.9. The van der Waals surface area contributed by atoms with Gasteiger partial charge in [0.1, 0.15) is 5.75 Å². The number of ether oxygens (including phenoxy) is 1. The van der Waals surface area contributed by atoms with Crippen LogP contribution in [-0.2, 0) is 6.42 Å². The van der Waals surface area contributed by atoms with Crippen molar-refractivity contribution in [1.82, 2.24) is 10.6 Å². The lowest BCUT2D eigenvalue weighted by atomic mass is 10.0. The summed E-state index contributed by atoms with van der Waals surface area (Å²) in [4.78, 5) is 4.49. The predicted octanol–water partition coefficient (Wildman–Crippen LogP) is 3.46. The SMILES string of the molecule is CCNC(=NCC(O)c1ccc(OC(F)F)cc1)NCC1C2Cc3ccccc3C12. The average Bonchev–Trinajstić information content (AvgIpc) is 3.27. The Morgan fingerprint density at radius 3 is 2.67 bits per heavy atom. The summed E-state index contributed by atoms with van der Waals surface area (Å²) in [5.41, 5.74) is 3.58. The Labute approximate surface area is 175 Å². The maximum Gasteiger partial charge on any atom is 0.387 e. The molecule has 0 bridgehead atoms. The first-order valence-electron chi connectivity index (χ1n) is 10.4. The molecule has 0 aromatic heterocycles. The van der Waals surface area contributed by atoms with Crippen molar-refractivity contribution >= 4 is 5.96 Å². The van der Waals surface area contributed by atoms with Gasteiger partial charge >= 0.3 is 6.61 Å². The third-order valence-corrected chi connectivity index (χ3v) is 5.96. The van der Waals surface area contributed by atoms with Crippen molar-refractivity contribution < 1.29 is 18.6 Å². The van der Waals surface area contributed by atoms with Gasteiger partial charge in [-0.2, -0.15) is 8.78 Å². The smallest absolute Gasteiger partial charge is 0.387 e. The Morgan fingerprint density at radius 1 is 1.17 bits per heavy atom. The largest absolute Gasteiger partial charge is 0.435 e. The number of fused-ring (bicyclic) bond motifs is 3. The molecule has 160 valence electrons. The zero-order chi connectivity index (χ0) is 21.1. The number of hydrogen-bond donors (Lipinski definition) is 3. The summed E-state index contributed by atoms with van der Waals surface area (Å²) in [6.45, 7) is 0.883. The fraction of sp³-hybridized carbons (Fsp3) is 0.435. The fourth-order valence-corrected chi connectivity index (χ4v) is 4.47. The Bertz CT molecular complexity index is 888. The van der Waals surface area contributed by atoms with Crippen LogP contribution in [-0.4, -0.2) is 37.3 Å². The van der Waals surface area contributed by atoms with E-state index in [1.165, 1.54) is 23.3 Å². The third-order valence-electron chi connectivity index (χ3n) is 5.96. The van der Waals surface area contributed by atoms with Crippen LogP contribution in [0.25, 0.3) is 0 Å². The maximum absolute atomic E-state index is 12.2. The van der Waals surface area contributed by atoms with Crippen LogP contribution in [0.5, 0.6) is 5.75 Å². The topological polar surface area (TPSA) is 65.9 Å². The van der Waals surface area contributed by atoms with Crippen LogP contribution in [0.1, 0.15) is 35.6 Å². The van der Waals surface area contributed by atoms with E-state index in [1.807, 2.05) is 6.92 Å². The van der Waals surface area contributed by atoms with E-state index >= 15 is 0 Å². The summed E-state index contributed by atoms with van der Waals surface area (Å²) in [5.74, 6) is 2.73. The number of guanidine groups is 1. The second-order valence-electron chi connectivity index (χ2n) is 7.82. The second-order valence-corrected chi connectivity index (χ2v) is 7.82. The molecular weight excluding hydrogens is 388 g/mol. The van der Waals surface area contributed by atoms with Crippen LogP contribution in [0.2, 0.25) is 0 Å². The third kappa shape index (κ3) is 4.56. The first-order chi connectivity index (χ1) is 14.6. The highest BCUT2D eigenvalue weighted by atomic mass is 19.3.